The second-order valence-electron chi connectivity index (χ2n) is 5.34. The van der Waals surface area contributed by atoms with Crippen LogP contribution in [0, 0.1) is 18.3 Å². The number of methoxy groups -OCH3 is 1. The number of aromatic nitrogens is 1. The molecule has 2 rings (SSSR count). The van der Waals surface area contributed by atoms with Crippen molar-refractivity contribution < 1.29 is 9.53 Å². The zero-order chi connectivity index (χ0) is 18.1. The highest BCUT2D eigenvalue weighted by molar-refractivity contribution is 5.97. The van der Waals surface area contributed by atoms with Crippen LogP contribution in [0.4, 0.5) is 5.82 Å². The highest BCUT2D eigenvalue weighted by Crippen LogP contribution is 2.12. The van der Waals surface area contributed by atoms with E-state index in [1.807, 2.05) is 49.4 Å². The second kappa shape index (κ2) is 9.08. The molecule has 6 nitrogen and oxygen atoms in total. The number of benzene rings is 1. The summed E-state index contributed by atoms with van der Waals surface area (Å²) in [6.07, 6.45) is 3.68. The molecule has 2 aromatic rings. The Morgan fingerprint density at radius 3 is 2.72 bits per heavy atom. The molecule has 0 saturated carbocycles. The molecule has 0 bridgehead atoms. The largest absolute Gasteiger partial charge is 0.497 e. The SMILES string of the molecule is COc1ccc(CCNC(=O)/C(C#N)=C\Nc2ncccc2C)cc1. The number of hydrogen-bond acceptors (Lipinski definition) is 5. The molecule has 0 unspecified atom stereocenters. The molecule has 1 heterocycles. The quantitative estimate of drug-likeness (QED) is 0.599. The highest BCUT2D eigenvalue weighted by Gasteiger charge is 2.08. The van der Waals surface area contributed by atoms with Crippen molar-refractivity contribution in [2.45, 2.75) is 13.3 Å². The van der Waals surface area contributed by atoms with Crippen molar-refractivity contribution >= 4 is 11.7 Å². The normalized spacial score (nSPS) is 10.7. The molecule has 0 radical (unpaired) electrons. The number of amides is 1. The monoisotopic (exact) mass is 336 g/mol. The van der Waals surface area contributed by atoms with E-state index in [0.717, 1.165) is 16.9 Å². The third kappa shape index (κ3) is 5.36. The van der Waals surface area contributed by atoms with E-state index in [4.69, 9.17) is 10.00 Å². The van der Waals surface area contributed by atoms with Crippen molar-refractivity contribution in [2.75, 3.05) is 19.0 Å². The Bertz CT molecular complexity index is 792. The maximum absolute atomic E-state index is 12.1. The fraction of sp³-hybridized carbons (Fsp3) is 0.211. The predicted molar refractivity (Wildman–Crippen MR) is 96.0 cm³/mol. The molecule has 0 fully saturated rings. The standard InChI is InChI=1S/C19H20N4O2/c1-14-4-3-10-21-18(14)23-13-16(12-20)19(24)22-11-9-15-5-7-17(25-2)8-6-15/h3-8,10,13H,9,11H2,1-2H3,(H,21,23)(H,22,24)/b16-13-. The molecule has 1 amide bonds. The van der Waals surface area contributed by atoms with Gasteiger partial charge in [-0.15, -0.1) is 0 Å². The van der Waals surface area contributed by atoms with Gasteiger partial charge in [-0.05, 0) is 42.7 Å². The van der Waals surface area contributed by atoms with Crippen molar-refractivity contribution in [3.63, 3.8) is 0 Å². The Morgan fingerprint density at radius 1 is 1.32 bits per heavy atom. The summed E-state index contributed by atoms with van der Waals surface area (Å²) in [6.45, 7) is 2.33. The van der Waals surface area contributed by atoms with Gasteiger partial charge in [0.2, 0.25) is 0 Å². The summed E-state index contributed by atoms with van der Waals surface area (Å²) >= 11 is 0. The van der Waals surface area contributed by atoms with Crippen LogP contribution in [0.15, 0.2) is 54.4 Å². The molecule has 0 aliphatic rings. The average molecular weight is 336 g/mol. The van der Waals surface area contributed by atoms with E-state index in [-0.39, 0.29) is 5.57 Å². The molecular formula is C19H20N4O2. The first-order chi connectivity index (χ1) is 12.1. The van der Waals surface area contributed by atoms with Crippen LogP contribution in [0.5, 0.6) is 5.75 Å². The molecule has 1 aromatic heterocycles. The first-order valence-electron chi connectivity index (χ1n) is 7.83. The average Bonchev–Trinajstić information content (AvgIpc) is 2.64. The van der Waals surface area contributed by atoms with Crippen LogP contribution < -0.4 is 15.4 Å². The number of nitriles is 1. The number of nitrogens with one attached hydrogen (secondary N) is 2. The third-order valence-electron chi connectivity index (χ3n) is 3.59. The number of pyridine rings is 1. The van der Waals surface area contributed by atoms with Gasteiger partial charge in [0, 0.05) is 18.9 Å². The number of anilines is 1. The van der Waals surface area contributed by atoms with E-state index in [0.29, 0.717) is 18.8 Å². The van der Waals surface area contributed by atoms with Gasteiger partial charge in [-0.25, -0.2) is 4.98 Å². The van der Waals surface area contributed by atoms with E-state index in [2.05, 4.69) is 15.6 Å². The van der Waals surface area contributed by atoms with E-state index >= 15 is 0 Å². The lowest BCUT2D eigenvalue weighted by atomic mass is 10.1. The molecular weight excluding hydrogens is 316 g/mol. The predicted octanol–water partition coefficient (Wildman–Crippen LogP) is 2.58. The number of carbonyl (C=O) groups excluding carboxylic acids is 1. The van der Waals surface area contributed by atoms with Gasteiger partial charge < -0.3 is 15.4 Å². The molecule has 0 aliphatic heterocycles. The van der Waals surface area contributed by atoms with Crippen LogP contribution in [-0.2, 0) is 11.2 Å². The van der Waals surface area contributed by atoms with Crippen LogP contribution >= 0.6 is 0 Å². The van der Waals surface area contributed by atoms with Crippen LogP contribution in [0.2, 0.25) is 0 Å². The molecule has 6 heteroatoms. The van der Waals surface area contributed by atoms with Crippen molar-refractivity contribution in [2.24, 2.45) is 0 Å². The Kier molecular flexibility index (Phi) is 6.55. The Hall–Kier alpha value is -3.33. The van der Waals surface area contributed by atoms with Gasteiger partial charge in [0.25, 0.3) is 5.91 Å². The Balaban J connectivity index is 1.88. The molecule has 0 aliphatic carbocycles. The first kappa shape index (κ1) is 18.0. The minimum absolute atomic E-state index is 0.000200. The van der Waals surface area contributed by atoms with Gasteiger partial charge in [0.1, 0.15) is 23.2 Å². The van der Waals surface area contributed by atoms with Crippen molar-refractivity contribution in [1.29, 1.82) is 5.26 Å². The minimum Gasteiger partial charge on any atom is -0.497 e. The van der Waals surface area contributed by atoms with Crippen LogP contribution in [0.3, 0.4) is 0 Å². The maximum atomic E-state index is 12.1. The molecule has 0 saturated heterocycles. The van der Waals surface area contributed by atoms with Crippen molar-refractivity contribution in [3.8, 4) is 11.8 Å². The number of ether oxygens (including phenoxy) is 1. The molecule has 0 spiro atoms. The summed E-state index contributed by atoms with van der Waals surface area (Å²) in [6, 6.07) is 13.2. The minimum atomic E-state index is -0.419. The molecule has 25 heavy (non-hydrogen) atoms. The Morgan fingerprint density at radius 2 is 2.08 bits per heavy atom. The smallest absolute Gasteiger partial charge is 0.263 e. The highest BCUT2D eigenvalue weighted by atomic mass is 16.5. The van der Waals surface area contributed by atoms with Gasteiger partial charge in [0.05, 0.1) is 7.11 Å². The summed E-state index contributed by atoms with van der Waals surface area (Å²) in [5, 5.41) is 14.8. The summed E-state index contributed by atoms with van der Waals surface area (Å²) in [4.78, 5) is 16.2. The van der Waals surface area contributed by atoms with E-state index < -0.39 is 5.91 Å². The van der Waals surface area contributed by atoms with Gasteiger partial charge in [-0.2, -0.15) is 5.26 Å². The first-order valence-corrected chi connectivity index (χ1v) is 7.83. The lowest BCUT2D eigenvalue weighted by molar-refractivity contribution is -0.117. The Labute approximate surface area is 147 Å². The topological polar surface area (TPSA) is 87.0 Å². The van der Waals surface area contributed by atoms with Crippen LogP contribution in [0.25, 0.3) is 0 Å². The molecule has 1 aromatic carbocycles. The number of nitrogens with zero attached hydrogens (tertiary/aromatic N) is 2. The number of rotatable bonds is 7. The summed E-state index contributed by atoms with van der Waals surface area (Å²) < 4.78 is 5.10. The maximum Gasteiger partial charge on any atom is 0.263 e. The third-order valence-corrected chi connectivity index (χ3v) is 3.59. The van der Waals surface area contributed by atoms with Crippen molar-refractivity contribution in [1.82, 2.24) is 10.3 Å². The lowest BCUT2D eigenvalue weighted by Crippen LogP contribution is -2.27. The fourth-order valence-corrected chi connectivity index (χ4v) is 2.13. The van der Waals surface area contributed by atoms with E-state index in [1.165, 1.54) is 6.20 Å². The van der Waals surface area contributed by atoms with Crippen LogP contribution in [-0.4, -0.2) is 24.5 Å². The molecule has 2 N–H and O–H groups in total. The second-order valence-corrected chi connectivity index (χ2v) is 5.34. The van der Waals surface area contributed by atoms with Gasteiger partial charge >= 0.3 is 0 Å². The molecule has 0 atom stereocenters. The summed E-state index contributed by atoms with van der Waals surface area (Å²) in [5.41, 5.74) is 2.00. The number of hydrogen-bond donors (Lipinski definition) is 2. The van der Waals surface area contributed by atoms with Crippen LogP contribution in [0.1, 0.15) is 11.1 Å². The number of carbonyl (C=O) groups is 1. The molecule has 128 valence electrons. The zero-order valence-corrected chi connectivity index (χ0v) is 14.2. The van der Waals surface area contributed by atoms with Crippen molar-refractivity contribution in [3.05, 3.63) is 65.5 Å². The number of aryl methyl sites for hydroxylation is 1. The summed E-state index contributed by atoms with van der Waals surface area (Å²) in [5.74, 6) is 0.983. The van der Waals surface area contributed by atoms with Gasteiger partial charge in [-0.3, -0.25) is 4.79 Å². The fourth-order valence-electron chi connectivity index (χ4n) is 2.13. The summed E-state index contributed by atoms with van der Waals surface area (Å²) in [7, 11) is 1.62. The lowest BCUT2D eigenvalue weighted by Gasteiger charge is -2.07. The van der Waals surface area contributed by atoms with E-state index in [9.17, 15) is 4.79 Å². The van der Waals surface area contributed by atoms with Gasteiger partial charge in [0.15, 0.2) is 0 Å². The van der Waals surface area contributed by atoms with E-state index in [1.54, 1.807) is 13.3 Å². The van der Waals surface area contributed by atoms with Gasteiger partial charge in [-0.1, -0.05) is 18.2 Å². The zero-order valence-electron chi connectivity index (χ0n) is 14.2.